The number of hydrogen-bond donors (Lipinski definition) is 4. The summed E-state index contributed by atoms with van der Waals surface area (Å²) in [4.78, 5) is 24.6. The van der Waals surface area contributed by atoms with Gasteiger partial charge in [0.1, 0.15) is 0 Å². The lowest BCUT2D eigenvalue weighted by Gasteiger charge is -2.15. The molecule has 0 saturated heterocycles. The third-order valence-electron chi connectivity index (χ3n) is 5.62. The van der Waals surface area contributed by atoms with Crippen LogP contribution in [-0.4, -0.2) is 31.7 Å². The number of nitrogens with one attached hydrogen (secondary N) is 3. The predicted octanol–water partition coefficient (Wildman–Crippen LogP) is 2.55. The molecule has 0 atom stereocenters. The summed E-state index contributed by atoms with van der Waals surface area (Å²) in [5, 5.41) is 5.32. The van der Waals surface area contributed by atoms with E-state index in [9.17, 15) is 4.79 Å². The first-order valence-electron chi connectivity index (χ1n) is 9.65. The highest BCUT2D eigenvalue weighted by Crippen LogP contribution is 2.39. The molecule has 0 unspecified atom stereocenters. The summed E-state index contributed by atoms with van der Waals surface area (Å²) < 4.78 is 0. The number of H-pyrrole nitrogens is 3. The molecule has 7 heteroatoms. The van der Waals surface area contributed by atoms with Gasteiger partial charge in [0.2, 0.25) is 0 Å². The van der Waals surface area contributed by atoms with Gasteiger partial charge in [0, 0.05) is 36.4 Å². The minimum Gasteiger partial charge on any atom is -0.362 e. The molecule has 142 valence electrons. The van der Waals surface area contributed by atoms with Gasteiger partial charge in [-0.15, -0.1) is 0 Å². The number of aryl methyl sites for hydroxylation is 1. The van der Waals surface area contributed by atoms with E-state index in [1.54, 1.807) is 18.6 Å². The van der Waals surface area contributed by atoms with Crippen LogP contribution in [0.1, 0.15) is 59.8 Å². The third kappa shape index (κ3) is 3.35. The van der Waals surface area contributed by atoms with Gasteiger partial charge in [-0.25, -0.2) is 0 Å². The molecule has 4 rings (SSSR count). The van der Waals surface area contributed by atoms with Gasteiger partial charge in [-0.3, -0.25) is 19.9 Å². The Labute approximate surface area is 157 Å². The molecule has 0 amide bonds. The van der Waals surface area contributed by atoms with E-state index < -0.39 is 0 Å². The highest BCUT2D eigenvalue weighted by molar-refractivity contribution is 5.60. The fourth-order valence-electron chi connectivity index (χ4n) is 4.44. The van der Waals surface area contributed by atoms with Crippen molar-refractivity contribution in [1.82, 2.24) is 25.1 Å². The average molecular weight is 366 g/mol. The normalized spacial score (nSPS) is 14.9. The number of aromatic nitrogens is 5. The maximum absolute atomic E-state index is 12.1. The van der Waals surface area contributed by atoms with E-state index in [4.69, 9.17) is 5.73 Å². The Morgan fingerprint density at radius 2 is 2.00 bits per heavy atom. The molecule has 1 aliphatic carbocycles. The van der Waals surface area contributed by atoms with E-state index >= 15 is 0 Å². The molecule has 0 aromatic carbocycles. The standard InChI is InChI=1S/C20H26N6O/c1-12-14(6-7-21)18(13-4-2-3-5-13)16(25-12)10-17-19(23-9-8-22-17)15-11-24-26-20(15)27/h8-9,11,13,25H,2-7,10,21H2,1H3,(H2,24,26,27). The van der Waals surface area contributed by atoms with Crippen LogP contribution in [0.5, 0.6) is 0 Å². The van der Waals surface area contributed by atoms with Crippen molar-refractivity contribution in [3.8, 4) is 11.3 Å². The quantitative estimate of drug-likeness (QED) is 0.536. The van der Waals surface area contributed by atoms with Crippen LogP contribution >= 0.6 is 0 Å². The molecule has 5 N–H and O–H groups in total. The molecular formula is C20H26N6O. The van der Waals surface area contributed by atoms with Crippen LogP contribution in [0.3, 0.4) is 0 Å². The van der Waals surface area contributed by atoms with E-state index in [-0.39, 0.29) is 5.56 Å². The molecule has 1 saturated carbocycles. The van der Waals surface area contributed by atoms with Gasteiger partial charge in [0.15, 0.2) is 0 Å². The molecular weight excluding hydrogens is 340 g/mol. The summed E-state index contributed by atoms with van der Waals surface area (Å²) in [5.74, 6) is 0.585. The number of nitrogens with two attached hydrogens (primary N) is 1. The van der Waals surface area contributed by atoms with Crippen molar-refractivity contribution in [2.45, 2.75) is 51.4 Å². The van der Waals surface area contributed by atoms with Crippen molar-refractivity contribution < 1.29 is 0 Å². The topological polar surface area (TPSA) is 116 Å². The number of aromatic amines is 3. The lowest BCUT2D eigenvalue weighted by atomic mass is 9.90. The molecule has 3 aromatic rings. The smallest absolute Gasteiger partial charge is 0.273 e. The Balaban J connectivity index is 1.77. The average Bonchev–Trinajstić information content (AvgIpc) is 3.38. The molecule has 0 radical (unpaired) electrons. The first-order valence-corrected chi connectivity index (χ1v) is 9.65. The van der Waals surface area contributed by atoms with Gasteiger partial charge in [-0.05, 0) is 49.8 Å². The van der Waals surface area contributed by atoms with Crippen molar-refractivity contribution in [2.24, 2.45) is 5.73 Å². The lowest BCUT2D eigenvalue weighted by Crippen LogP contribution is -2.09. The van der Waals surface area contributed by atoms with E-state index in [0.717, 1.165) is 12.1 Å². The maximum atomic E-state index is 12.1. The van der Waals surface area contributed by atoms with Crippen LogP contribution in [0.25, 0.3) is 11.3 Å². The number of rotatable bonds is 6. The van der Waals surface area contributed by atoms with Gasteiger partial charge >= 0.3 is 0 Å². The molecule has 3 aromatic heterocycles. The first kappa shape index (κ1) is 17.7. The Bertz CT molecular complexity index is 977. The minimum absolute atomic E-state index is 0.181. The lowest BCUT2D eigenvalue weighted by molar-refractivity contribution is 0.703. The highest BCUT2D eigenvalue weighted by atomic mass is 16.1. The van der Waals surface area contributed by atoms with Crippen LogP contribution in [0.15, 0.2) is 23.4 Å². The summed E-state index contributed by atoms with van der Waals surface area (Å²) in [7, 11) is 0. The number of hydrogen-bond acceptors (Lipinski definition) is 4. The molecule has 1 fully saturated rings. The summed E-state index contributed by atoms with van der Waals surface area (Å²) in [6, 6.07) is 0. The van der Waals surface area contributed by atoms with E-state index in [2.05, 4.69) is 32.1 Å². The number of nitrogens with zero attached hydrogens (tertiary/aromatic N) is 2. The van der Waals surface area contributed by atoms with Crippen molar-refractivity contribution in [3.63, 3.8) is 0 Å². The Hall–Kier alpha value is -2.67. The highest BCUT2D eigenvalue weighted by Gasteiger charge is 2.26. The zero-order chi connectivity index (χ0) is 18.8. The van der Waals surface area contributed by atoms with Gasteiger partial charge in [-0.2, -0.15) is 0 Å². The zero-order valence-electron chi connectivity index (χ0n) is 15.6. The zero-order valence-corrected chi connectivity index (χ0v) is 15.6. The molecule has 7 nitrogen and oxygen atoms in total. The van der Waals surface area contributed by atoms with Crippen LogP contribution < -0.4 is 11.3 Å². The van der Waals surface area contributed by atoms with Crippen LogP contribution in [0, 0.1) is 6.92 Å². The monoisotopic (exact) mass is 366 g/mol. The summed E-state index contributed by atoms with van der Waals surface area (Å²) in [6.07, 6.45) is 11.5. The predicted molar refractivity (Wildman–Crippen MR) is 105 cm³/mol. The largest absolute Gasteiger partial charge is 0.362 e. The Morgan fingerprint density at radius 3 is 2.70 bits per heavy atom. The second-order valence-electron chi connectivity index (χ2n) is 7.33. The maximum Gasteiger partial charge on any atom is 0.273 e. The van der Waals surface area contributed by atoms with Crippen molar-refractivity contribution >= 4 is 0 Å². The molecule has 1 aliphatic rings. The second-order valence-corrected chi connectivity index (χ2v) is 7.33. The molecule has 27 heavy (non-hydrogen) atoms. The first-order chi connectivity index (χ1) is 13.2. The Kier molecular flexibility index (Phi) is 4.94. The van der Waals surface area contributed by atoms with Crippen LogP contribution in [0.4, 0.5) is 0 Å². The van der Waals surface area contributed by atoms with Crippen LogP contribution in [0.2, 0.25) is 0 Å². The van der Waals surface area contributed by atoms with Crippen molar-refractivity contribution in [3.05, 3.63) is 57.2 Å². The van der Waals surface area contributed by atoms with Gasteiger partial charge in [-0.1, -0.05) is 12.8 Å². The third-order valence-corrected chi connectivity index (χ3v) is 5.62. The molecule has 3 heterocycles. The van der Waals surface area contributed by atoms with Gasteiger partial charge in [0.25, 0.3) is 5.56 Å². The van der Waals surface area contributed by atoms with Crippen molar-refractivity contribution in [1.29, 1.82) is 0 Å². The fraction of sp³-hybridized carbons (Fsp3) is 0.450. The second kappa shape index (κ2) is 7.52. The SMILES string of the molecule is Cc1[nH]c(Cc2nccnc2-c2c[nH][nH]c2=O)c(C2CCCC2)c1CCN. The summed E-state index contributed by atoms with van der Waals surface area (Å²) in [5.41, 5.74) is 12.8. The summed E-state index contributed by atoms with van der Waals surface area (Å²) in [6.45, 7) is 2.77. The van der Waals surface area contributed by atoms with Crippen molar-refractivity contribution in [2.75, 3.05) is 6.54 Å². The molecule has 0 spiro atoms. The molecule has 0 bridgehead atoms. The summed E-state index contributed by atoms with van der Waals surface area (Å²) >= 11 is 0. The van der Waals surface area contributed by atoms with E-state index in [1.165, 1.54) is 48.2 Å². The van der Waals surface area contributed by atoms with E-state index in [1.807, 2.05) is 0 Å². The van der Waals surface area contributed by atoms with Gasteiger partial charge in [0.05, 0.1) is 17.0 Å². The Morgan fingerprint density at radius 1 is 1.22 bits per heavy atom. The fourth-order valence-corrected chi connectivity index (χ4v) is 4.44. The van der Waals surface area contributed by atoms with Crippen LogP contribution in [-0.2, 0) is 12.8 Å². The van der Waals surface area contributed by atoms with E-state index in [0.29, 0.717) is 30.1 Å². The minimum atomic E-state index is -0.181. The van der Waals surface area contributed by atoms with Gasteiger partial charge < -0.3 is 15.8 Å². The molecule has 0 aliphatic heterocycles.